The molecule has 0 radical (unpaired) electrons. The smallest absolute Gasteiger partial charge is 0.284 e. The second kappa shape index (κ2) is 11.6. The predicted octanol–water partition coefficient (Wildman–Crippen LogP) is 2.79. The molecule has 6 nitrogen and oxygen atoms in total. The normalized spacial score (nSPS) is 11.5. The van der Waals surface area contributed by atoms with E-state index in [1.54, 1.807) is 19.2 Å². The maximum atomic E-state index is 11.0. The van der Waals surface area contributed by atoms with Crippen LogP contribution >= 0.6 is 0 Å². The summed E-state index contributed by atoms with van der Waals surface area (Å²) < 4.78 is 5.31. The van der Waals surface area contributed by atoms with Crippen molar-refractivity contribution >= 4 is 11.9 Å². The minimum absolute atomic E-state index is 0.174. The summed E-state index contributed by atoms with van der Waals surface area (Å²) in [4.78, 5) is 15.1. The van der Waals surface area contributed by atoms with E-state index in [1.807, 2.05) is 0 Å². The predicted molar refractivity (Wildman–Crippen MR) is 93.4 cm³/mol. The minimum Gasteiger partial charge on any atom is -0.454 e. The van der Waals surface area contributed by atoms with Crippen molar-refractivity contribution in [2.45, 2.75) is 58.4 Å². The third-order valence-corrected chi connectivity index (χ3v) is 3.63. The molecule has 0 aliphatic rings. The van der Waals surface area contributed by atoms with E-state index in [2.05, 4.69) is 22.5 Å². The van der Waals surface area contributed by atoms with Gasteiger partial charge in [-0.15, -0.1) is 0 Å². The average molecular weight is 322 g/mol. The third kappa shape index (κ3) is 8.28. The summed E-state index contributed by atoms with van der Waals surface area (Å²) >= 11 is 0. The highest BCUT2D eigenvalue weighted by molar-refractivity contribution is 5.89. The number of amides is 1. The number of primary amides is 1. The molecule has 4 N–H and O–H groups in total. The molecule has 0 aliphatic heterocycles. The molecular weight excluding hydrogens is 292 g/mol. The number of furan rings is 1. The molecule has 1 aromatic heterocycles. The molecule has 23 heavy (non-hydrogen) atoms. The van der Waals surface area contributed by atoms with Crippen LogP contribution in [0, 0.1) is 0 Å². The Balaban J connectivity index is 2.13. The van der Waals surface area contributed by atoms with Crippen LogP contribution in [0.5, 0.6) is 0 Å². The van der Waals surface area contributed by atoms with E-state index in [0.29, 0.717) is 12.3 Å². The number of rotatable bonds is 11. The summed E-state index contributed by atoms with van der Waals surface area (Å²) in [6, 6.07) is 3.31. The third-order valence-electron chi connectivity index (χ3n) is 3.63. The molecule has 0 unspecified atom stereocenters. The van der Waals surface area contributed by atoms with Crippen LogP contribution in [-0.2, 0) is 6.54 Å². The van der Waals surface area contributed by atoms with Crippen molar-refractivity contribution in [3.63, 3.8) is 0 Å². The first kappa shape index (κ1) is 19.1. The fourth-order valence-corrected chi connectivity index (χ4v) is 2.29. The van der Waals surface area contributed by atoms with Gasteiger partial charge in [-0.1, -0.05) is 45.4 Å². The number of hydrogen-bond donors (Lipinski definition) is 3. The van der Waals surface area contributed by atoms with Crippen molar-refractivity contribution in [3.05, 3.63) is 23.7 Å². The fraction of sp³-hybridized carbons (Fsp3) is 0.647. The highest BCUT2D eigenvalue weighted by Crippen LogP contribution is 2.07. The summed E-state index contributed by atoms with van der Waals surface area (Å²) in [5.41, 5.74) is 5.15. The first-order chi connectivity index (χ1) is 11.2. The molecule has 1 amide bonds. The number of nitrogens with zero attached hydrogens (tertiary/aromatic N) is 1. The van der Waals surface area contributed by atoms with Gasteiger partial charge in [0.2, 0.25) is 0 Å². The Kier molecular flexibility index (Phi) is 9.59. The Morgan fingerprint density at radius 3 is 2.43 bits per heavy atom. The van der Waals surface area contributed by atoms with Crippen LogP contribution in [-0.4, -0.2) is 25.5 Å². The van der Waals surface area contributed by atoms with Gasteiger partial charge in [0, 0.05) is 13.6 Å². The lowest BCUT2D eigenvalue weighted by atomic mass is 10.1. The van der Waals surface area contributed by atoms with Crippen molar-refractivity contribution < 1.29 is 9.21 Å². The van der Waals surface area contributed by atoms with Crippen LogP contribution in [0.3, 0.4) is 0 Å². The van der Waals surface area contributed by atoms with Crippen LogP contribution in [0.1, 0.15) is 68.2 Å². The van der Waals surface area contributed by atoms with E-state index in [0.717, 1.165) is 18.9 Å². The Labute approximate surface area is 138 Å². The number of aliphatic imine (C=N–C) groups is 1. The number of unbranched alkanes of at least 4 members (excludes halogenated alkanes) is 6. The van der Waals surface area contributed by atoms with Crippen molar-refractivity contribution in [1.82, 2.24) is 10.6 Å². The quantitative estimate of drug-likeness (QED) is 0.332. The largest absolute Gasteiger partial charge is 0.454 e. The number of guanidine groups is 1. The zero-order valence-corrected chi connectivity index (χ0v) is 14.4. The number of nitrogens with one attached hydrogen (secondary N) is 2. The lowest BCUT2D eigenvalue weighted by molar-refractivity contribution is 0.0972. The highest BCUT2D eigenvalue weighted by Gasteiger charge is 2.07. The molecule has 0 saturated heterocycles. The van der Waals surface area contributed by atoms with Gasteiger partial charge in [-0.25, -0.2) is 0 Å². The topological polar surface area (TPSA) is 92.6 Å². The summed E-state index contributed by atoms with van der Waals surface area (Å²) in [5, 5.41) is 6.43. The lowest BCUT2D eigenvalue weighted by Gasteiger charge is -2.10. The molecule has 1 heterocycles. The van der Waals surface area contributed by atoms with Crippen LogP contribution in [0.25, 0.3) is 0 Å². The number of carbonyl (C=O) groups is 1. The molecule has 0 spiro atoms. The second-order valence-electron chi connectivity index (χ2n) is 5.60. The standard InChI is InChI=1S/C17H30N4O2/c1-3-4-5-6-7-8-9-12-20-17(19-2)21-13-14-10-11-15(23-14)16(18)22/h10-11H,3-9,12-13H2,1-2H3,(H2,18,22)(H2,19,20,21). The fourth-order valence-electron chi connectivity index (χ4n) is 2.29. The maximum Gasteiger partial charge on any atom is 0.284 e. The Morgan fingerprint density at radius 1 is 1.13 bits per heavy atom. The molecule has 130 valence electrons. The summed E-state index contributed by atoms with van der Waals surface area (Å²) in [6.45, 7) is 3.60. The second-order valence-corrected chi connectivity index (χ2v) is 5.60. The molecule has 0 atom stereocenters. The van der Waals surface area contributed by atoms with Gasteiger partial charge in [0.15, 0.2) is 11.7 Å². The van der Waals surface area contributed by atoms with E-state index in [9.17, 15) is 4.79 Å². The van der Waals surface area contributed by atoms with E-state index >= 15 is 0 Å². The summed E-state index contributed by atoms with van der Waals surface area (Å²) in [6.07, 6.45) is 9.01. The van der Waals surface area contributed by atoms with E-state index in [1.165, 1.54) is 38.5 Å². The van der Waals surface area contributed by atoms with Crippen molar-refractivity contribution in [1.29, 1.82) is 0 Å². The first-order valence-corrected chi connectivity index (χ1v) is 8.50. The molecule has 6 heteroatoms. The molecule has 0 aromatic carbocycles. The monoisotopic (exact) mass is 322 g/mol. The zero-order chi connectivity index (χ0) is 16.9. The SMILES string of the molecule is CCCCCCCCCNC(=NC)NCc1ccc(C(N)=O)o1. The van der Waals surface area contributed by atoms with E-state index in [4.69, 9.17) is 10.2 Å². The minimum atomic E-state index is -0.558. The molecule has 0 aliphatic carbocycles. The van der Waals surface area contributed by atoms with Crippen LogP contribution in [0.2, 0.25) is 0 Å². The van der Waals surface area contributed by atoms with Crippen LogP contribution in [0.4, 0.5) is 0 Å². The number of carbonyl (C=O) groups excluding carboxylic acids is 1. The van der Waals surface area contributed by atoms with Gasteiger partial charge in [0.05, 0.1) is 6.54 Å². The van der Waals surface area contributed by atoms with Gasteiger partial charge in [-0.3, -0.25) is 9.79 Å². The van der Waals surface area contributed by atoms with Crippen LogP contribution < -0.4 is 16.4 Å². The van der Waals surface area contributed by atoms with Crippen molar-refractivity contribution in [3.8, 4) is 0 Å². The van der Waals surface area contributed by atoms with Crippen LogP contribution in [0.15, 0.2) is 21.5 Å². The Hall–Kier alpha value is -1.98. The molecule has 1 aromatic rings. The highest BCUT2D eigenvalue weighted by atomic mass is 16.3. The molecule has 0 bridgehead atoms. The molecule has 1 rings (SSSR count). The average Bonchev–Trinajstić information content (AvgIpc) is 3.02. The first-order valence-electron chi connectivity index (χ1n) is 8.50. The number of nitrogens with two attached hydrogens (primary N) is 1. The molecular formula is C17H30N4O2. The molecule has 0 saturated carbocycles. The van der Waals surface area contributed by atoms with Gasteiger partial charge in [-0.05, 0) is 18.6 Å². The van der Waals surface area contributed by atoms with Crippen molar-refractivity contribution in [2.24, 2.45) is 10.7 Å². The molecule has 0 fully saturated rings. The zero-order valence-electron chi connectivity index (χ0n) is 14.4. The lowest BCUT2D eigenvalue weighted by Crippen LogP contribution is -2.37. The van der Waals surface area contributed by atoms with Crippen molar-refractivity contribution in [2.75, 3.05) is 13.6 Å². The van der Waals surface area contributed by atoms with E-state index in [-0.39, 0.29) is 5.76 Å². The maximum absolute atomic E-state index is 11.0. The number of hydrogen-bond acceptors (Lipinski definition) is 3. The van der Waals surface area contributed by atoms with Gasteiger partial charge in [0.1, 0.15) is 5.76 Å². The van der Waals surface area contributed by atoms with Gasteiger partial charge in [0.25, 0.3) is 5.91 Å². The van der Waals surface area contributed by atoms with E-state index < -0.39 is 5.91 Å². The summed E-state index contributed by atoms with van der Waals surface area (Å²) in [7, 11) is 1.73. The van der Waals surface area contributed by atoms with Gasteiger partial charge < -0.3 is 20.8 Å². The van der Waals surface area contributed by atoms with Gasteiger partial charge in [-0.2, -0.15) is 0 Å². The van der Waals surface area contributed by atoms with Gasteiger partial charge >= 0.3 is 0 Å². The summed E-state index contributed by atoms with van der Waals surface area (Å²) in [5.74, 6) is 0.996. The Morgan fingerprint density at radius 2 is 1.83 bits per heavy atom. The Bertz CT molecular complexity index is 483.